The van der Waals surface area contributed by atoms with E-state index in [1.165, 1.54) is 12.0 Å². The normalized spacial score (nSPS) is 36.0. The van der Waals surface area contributed by atoms with Crippen molar-refractivity contribution in [3.8, 4) is 5.75 Å². The summed E-state index contributed by atoms with van der Waals surface area (Å²) in [7, 11) is 1.37. The van der Waals surface area contributed by atoms with Gasteiger partial charge in [0.1, 0.15) is 5.75 Å². The average Bonchev–Trinajstić information content (AvgIpc) is 2.92. The Morgan fingerprint density at radius 1 is 1.24 bits per heavy atom. The molecule has 4 nitrogen and oxygen atoms in total. The molecule has 4 aliphatic rings. The van der Waals surface area contributed by atoms with Crippen molar-refractivity contribution in [1.29, 1.82) is 0 Å². The average molecular weight is 366 g/mol. The third-order valence-electron chi connectivity index (χ3n) is 6.95. The highest BCUT2D eigenvalue weighted by molar-refractivity contribution is 6.47. The predicted molar refractivity (Wildman–Crippen MR) is 102 cm³/mol. The van der Waals surface area contributed by atoms with Crippen LogP contribution in [-0.2, 0) is 15.7 Å². The molecule has 3 saturated carbocycles. The predicted octanol–water partition coefficient (Wildman–Crippen LogP) is 3.25. The number of halogens is 1. The zero-order valence-electron chi connectivity index (χ0n) is 15.5. The number of benzene rings is 1. The minimum atomic E-state index is -0.308. The Morgan fingerprint density at radius 3 is 2.52 bits per heavy atom. The molecule has 1 aromatic carbocycles. The van der Waals surface area contributed by atoms with Crippen LogP contribution in [0.15, 0.2) is 24.3 Å². The fourth-order valence-electron chi connectivity index (χ4n) is 5.21. The Labute approximate surface area is 157 Å². The SMILES string of the molecule is COc1ccc(C[C@@H](N)B2O[C@H]3C[C@H]4C[C@H](C4(C)C)[C@@]3(C)O2)cc1.Cl. The summed E-state index contributed by atoms with van der Waals surface area (Å²) in [5.41, 5.74) is 7.81. The third kappa shape index (κ3) is 2.89. The topological polar surface area (TPSA) is 53.7 Å². The first-order chi connectivity index (χ1) is 11.3. The van der Waals surface area contributed by atoms with E-state index in [-0.39, 0.29) is 37.2 Å². The van der Waals surface area contributed by atoms with Crippen LogP contribution in [0.25, 0.3) is 0 Å². The van der Waals surface area contributed by atoms with Crippen LogP contribution < -0.4 is 10.5 Å². The second kappa shape index (κ2) is 6.45. The first-order valence-corrected chi connectivity index (χ1v) is 9.06. The quantitative estimate of drug-likeness (QED) is 0.832. The summed E-state index contributed by atoms with van der Waals surface area (Å²) in [6.45, 7) is 6.99. The number of methoxy groups -OCH3 is 1. The van der Waals surface area contributed by atoms with Crippen LogP contribution in [0.5, 0.6) is 5.75 Å². The number of rotatable bonds is 4. The maximum absolute atomic E-state index is 6.45. The molecule has 1 heterocycles. The molecule has 0 unspecified atom stereocenters. The Balaban J connectivity index is 0.00000182. The highest BCUT2D eigenvalue weighted by Gasteiger charge is 2.68. The summed E-state index contributed by atoms with van der Waals surface area (Å²) < 4.78 is 17.9. The van der Waals surface area contributed by atoms with Gasteiger partial charge in [-0.1, -0.05) is 26.0 Å². The maximum Gasteiger partial charge on any atom is 0.475 e. The van der Waals surface area contributed by atoms with Crippen LogP contribution in [0.4, 0.5) is 0 Å². The van der Waals surface area contributed by atoms with E-state index in [4.69, 9.17) is 19.8 Å². The Morgan fingerprint density at radius 2 is 1.92 bits per heavy atom. The summed E-state index contributed by atoms with van der Waals surface area (Å²) in [6, 6.07) is 8.05. The molecule has 1 aliphatic heterocycles. The van der Waals surface area contributed by atoms with Gasteiger partial charge in [0.2, 0.25) is 0 Å². The monoisotopic (exact) mass is 365 g/mol. The number of hydrogen-bond acceptors (Lipinski definition) is 4. The number of hydrogen-bond donors (Lipinski definition) is 1. The molecule has 138 valence electrons. The van der Waals surface area contributed by atoms with Crippen molar-refractivity contribution in [1.82, 2.24) is 0 Å². The van der Waals surface area contributed by atoms with Crippen molar-refractivity contribution in [2.75, 3.05) is 7.11 Å². The molecule has 25 heavy (non-hydrogen) atoms. The lowest BCUT2D eigenvalue weighted by atomic mass is 9.43. The molecular formula is C19H29BClNO3. The van der Waals surface area contributed by atoms with Crippen molar-refractivity contribution >= 4 is 19.5 Å². The molecule has 1 aromatic rings. The van der Waals surface area contributed by atoms with Gasteiger partial charge in [-0.15, -0.1) is 12.4 Å². The Bertz CT molecular complexity index is 626. The second-order valence-electron chi connectivity index (χ2n) is 8.55. The van der Waals surface area contributed by atoms with Gasteiger partial charge in [-0.25, -0.2) is 0 Å². The van der Waals surface area contributed by atoms with Gasteiger partial charge in [0.15, 0.2) is 0 Å². The van der Waals surface area contributed by atoms with Gasteiger partial charge in [0.05, 0.1) is 18.8 Å². The molecular weight excluding hydrogens is 336 g/mol. The molecule has 2 bridgehead atoms. The third-order valence-corrected chi connectivity index (χ3v) is 6.95. The lowest BCUT2D eigenvalue weighted by Gasteiger charge is -2.64. The number of ether oxygens (including phenoxy) is 1. The van der Waals surface area contributed by atoms with Gasteiger partial charge >= 0.3 is 7.12 Å². The van der Waals surface area contributed by atoms with Crippen LogP contribution in [-0.4, -0.2) is 31.9 Å². The first-order valence-electron chi connectivity index (χ1n) is 9.06. The van der Waals surface area contributed by atoms with E-state index in [2.05, 4.69) is 32.9 Å². The van der Waals surface area contributed by atoms with Crippen LogP contribution in [0, 0.1) is 17.3 Å². The van der Waals surface area contributed by atoms with Crippen molar-refractivity contribution in [2.24, 2.45) is 23.0 Å². The van der Waals surface area contributed by atoms with E-state index in [0.717, 1.165) is 24.5 Å². The van der Waals surface area contributed by atoms with E-state index >= 15 is 0 Å². The summed E-state index contributed by atoms with van der Waals surface area (Å²) in [4.78, 5) is 0. The molecule has 5 rings (SSSR count). The molecule has 4 fully saturated rings. The minimum Gasteiger partial charge on any atom is -0.497 e. The lowest BCUT2D eigenvalue weighted by molar-refractivity contribution is -0.199. The van der Waals surface area contributed by atoms with Gasteiger partial charge in [-0.3, -0.25) is 0 Å². The molecule has 0 radical (unpaired) electrons. The van der Waals surface area contributed by atoms with Crippen molar-refractivity contribution in [3.05, 3.63) is 29.8 Å². The van der Waals surface area contributed by atoms with Crippen molar-refractivity contribution in [3.63, 3.8) is 0 Å². The van der Waals surface area contributed by atoms with Gasteiger partial charge in [0.25, 0.3) is 0 Å². The lowest BCUT2D eigenvalue weighted by Crippen LogP contribution is -2.65. The van der Waals surface area contributed by atoms with E-state index < -0.39 is 0 Å². The molecule has 0 aromatic heterocycles. The maximum atomic E-state index is 6.45. The van der Waals surface area contributed by atoms with Crippen molar-refractivity contribution in [2.45, 2.75) is 57.7 Å². The standard InChI is InChI=1S/C19H28BNO3.ClH/c1-18(2)13-10-15(18)19(3)16(11-13)23-20(24-19)17(21)9-12-5-7-14(22-4)8-6-12;/h5-8,13,15-17H,9-11,21H2,1-4H3;1H/t13-,15-,16+,17-,19-;/m1./s1. The highest BCUT2D eigenvalue weighted by atomic mass is 35.5. The zero-order chi connectivity index (χ0) is 17.1. The largest absolute Gasteiger partial charge is 0.497 e. The highest BCUT2D eigenvalue weighted by Crippen LogP contribution is 2.65. The van der Waals surface area contributed by atoms with Gasteiger partial charge in [-0.2, -0.15) is 0 Å². The zero-order valence-corrected chi connectivity index (χ0v) is 16.3. The van der Waals surface area contributed by atoms with Gasteiger partial charge < -0.3 is 19.8 Å². The minimum absolute atomic E-state index is 0. The smallest absolute Gasteiger partial charge is 0.475 e. The van der Waals surface area contributed by atoms with Crippen LogP contribution in [0.3, 0.4) is 0 Å². The molecule has 5 atom stereocenters. The van der Waals surface area contributed by atoms with Crippen LogP contribution in [0.1, 0.15) is 39.2 Å². The van der Waals surface area contributed by atoms with E-state index in [1.54, 1.807) is 7.11 Å². The van der Waals surface area contributed by atoms with E-state index in [1.807, 2.05) is 12.1 Å². The molecule has 6 heteroatoms. The summed E-state index contributed by atoms with van der Waals surface area (Å²) in [6.07, 6.45) is 3.31. The summed E-state index contributed by atoms with van der Waals surface area (Å²) >= 11 is 0. The molecule has 0 amide bonds. The fraction of sp³-hybridized carbons (Fsp3) is 0.684. The Kier molecular flexibility index (Phi) is 4.91. The fourth-order valence-corrected chi connectivity index (χ4v) is 5.21. The summed E-state index contributed by atoms with van der Waals surface area (Å²) in [5.74, 6) is 2.05. The van der Waals surface area contributed by atoms with E-state index in [0.29, 0.717) is 11.3 Å². The van der Waals surface area contributed by atoms with Gasteiger partial charge in [-0.05, 0) is 61.1 Å². The van der Waals surface area contributed by atoms with Crippen molar-refractivity contribution < 1.29 is 14.0 Å². The molecule has 1 saturated heterocycles. The van der Waals surface area contributed by atoms with E-state index in [9.17, 15) is 0 Å². The molecule has 2 N–H and O–H groups in total. The first kappa shape index (κ1) is 19.0. The van der Waals surface area contributed by atoms with Crippen LogP contribution in [0.2, 0.25) is 0 Å². The second-order valence-corrected chi connectivity index (χ2v) is 8.55. The van der Waals surface area contributed by atoms with Crippen LogP contribution >= 0.6 is 12.4 Å². The number of nitrogens with two attached hydrogens (primary N) is 1. The summed E-state index contributed by atoms with van der Waals surface area (Å²) in [5, 5.41) is 0. The Hall–Kier alpha value is -0.745. The van der Waals surface area contributed by atoms with Gasteiger partial charge in [0, 0.05) is 5.94 Å². The molecule has 3 aliphatic carbocycles. The molecule has 0 spiro atoms.